The van der Waals surface area contributed by atoms with E-state index >= 15 is 0 Å². The van der Waals surface area contributed by atoms with Gasteiger partial charge >= 0.3 is 0 Å². The predicted octanol–water partition coefficient (Wildman–Crippen LogP) is 2.46. The molecule has 0 spiro atoms. The second kappa shape index (κ2) is 13.5. The molecule has 1 fully saturated rings. The van der Waals surface area contributed by atoms with Gasteiger partial charge in [-0.05, 0) is 82.4 Å². The summed E-state index contributed by atoms with van der Waals surface area (Å²) >= 11 is 0. The van der Waals surface area contributed by atoms with Crippen LogP contribution in [0, 0.1) is 0 Å². The lowest BCUT2D eigenvalue weighted by atomic mass is 9.79. The molecule has 2 aliphatic rings. The monoisotopic (exact) mass is 498 g/mol. The van der Waals surface area contributed by atoms with Gasteiger partial charge in [0.1, 0.15) is 6.04 Å². The van der Waals surface area contributed by atoms with E-state index in [0.29, 0.717) is 45.2 Å². The maximum absolute atomic E-state index is 13.6. The Hall–Kier alpha value is -2.74. The molecule has 3 N–H and O–H groups in total. The molecule has 3 amide bonds. The number of nitrogens with one attached hydrogen (secondary N) is 3. The number of rotatable bonds is 12. The number of ketones is 1. The fraction of sp³-hybridized carbons (Fsp3) is 0.643. The van der Waals surface area contributed by atoms with Crippen LogP contribution in [0.1, 0.15) is 82.3 Å². The van der Waals surface area contributed by atoms with Crippen molar-refractivity contribution in [1.29, 1.82) is 0 Å². The Labute approximate surface area is 215 Å². The summed E-state index contributed by atoms with van der Waals surface area (Å²) in [6.07, 6.45) is 6.92. The molecule has 1 aliphatic carbocycles. The molecular weight excluding hydrogens is 456 g/mol. The van der Waals surface area contributed by atoms with Crippen molar-refractivity contribution >= 4 is 23.5 Å². The van der Waals surface area contributed by atoms with Crippen molar-refractivity contribution in [3.05, 3.63) is 35.4 Å². The fourth-order valence-corrected chi connectivity index (χ4v) is 5.43. The third-order valence-electron chi connectivity index (χ3n) is 7.58. The number of likely N-dealkylation sites (tertiary alicyclic amines) is 1. The standard InChI is InChI=1S/C28H42N4O4/c1-19(29-3)27(35)31-24(14-6-7-16-30-20(2)33)28(36)32-17-9-15-25(32)26(34)18-22-12-8-11-21-10-4-5-13-23(21)22/h4-5,10,13,19,22,24-25,29H,6-9,11-12,14-18H2,1-3H3,(H,30,33)(H,31,35)/t19-,22-,24-,25-/m0/s1. The zero-order chi connectivity index (χ0) is 26.1. The summed E-state index contributed by atoms with van der Waals surface area (Å²) in [6, 6.07) is 6.85. The van der Waals surface area contributed by atoms with Gasteiger partial charge in [0.25, 0.3) is 0 Å². The molecular formula is C28H42N4O4. The molecule has 1 aromatic carbocycles. The molecule has 0 unspecified atom stereocenters. The van der Waals surface area contributed by atoms with E-state index in [1.165, 1.54) is 18.1 Å². The molecule has 1 saturated heterocycles. The predicted molar refractivity (Wildman–Crippen MR) is 139 cm³/mol. The van der Waals surface area contributed by atoms with Crippen LogP contribution in [0.4, 0.5) is 0 Å². The number of carbonyl (C=O) groups is 4. The second-order valence-electron chi connectivity index (χ2n) is 10.2. The van der Waals surface area contributed by atoms with Gasteiger partial charge in [0.05, 0.1) is 12.1 Å². The molecule has 4 atom stereocenters. The lowest BCUT2D eigenvalue weighted by molar-refractivity contribution is -0.141. The first kappa shape index (κ1) is 27.8. The van der Waals surface area contributed by atoms with E-state index in [2.05, 4.69) is 34.1 Å². The molecule has 0 radical (unpaired) electrons. The summed E-state index contributed by atoms with van der Waals surface area (Å²) < 4.78 is 0. The van der Waals surface area contributed by atoms with E-state index in [1.807, 2.05) is 6.07 Å². The smallest absolute Gasteiger partial charge is 0.245 e. The Morgan fingerprint density at radius 1 is 1.08 bits per heavy atom. The number of hydrogen-bond acceptors (Lipinski definition) is 5. The van der Waals surface area contributed by atoms with Gasteiger partial charge in [-0.2, -0.15) is 0 Å². The normalized spacial score (nSPS) is 20.8. The van der Waals surface area contributed by atoms with Crippen LogP contribution in [-0.4, -0.2) is 66.7 Å². The topological polar surface area (TPSA) is 108 Å². The SMILES string of the molecule is CN[C@@H](C)C(=O)N[C@@H](CCCCNC(C)=O)C(=O)N1CCC[C@H]1C(=O)C[C@@H]1CCCc2ccccc21. The number of fused-ring (bicyclic) bond motifs is 1. The van der Waals surface area contributed by atoms with Crippen LogP contribution >= 0.6 is 0 Å². The summed E-state index contributed by atoms with van der Waals surface area (Å²) in [7, 11) is 1.70. The summed E-state index contributed by atoms with van der Waals surface area (Å²) in [4.78, 5) is 52.5. The van der Waals surface area contributed by atoms with Crippen molar-refractivity contribution in [2.45, 2.75) is 95.7 Å². The van der Waals surface area contributed by atoms with Crippen molar-refractivity contribution < 1.29 is 19.2 Å². The molecule has 36 heavy (non-hydrogen) atoms. The van der Waals surface area contributed by atoms with Crippen LogP contribution in [0.2, 0.25) is 0 Å². The Morgan fingerprint density at radius 3 is 2.61 bits per heavy atom. The van der Waals surface area contributed by atoms with E-state index in [4.69, 9.17) is 0 Å². The van der Waals surface area contributed by atoms with Crippen LogP contribution in [0.15, 0.2) is 24.3 Å². The zero-order valence-electron chi connectivity index (χ0n) is 22.0. The molecule has 198 valence electrons. The largest absolute Gasteiger partial charge is 0.356 e. The Balaban J connectivity index is 1.66. The summed E-state index contributed by atoms with van der Waals surface area (Å²) in [5.74, 6) is -0.162. The van der Waals surface area contributed by atoms with Crippen molar-refractivity contribution in [1.82, 2.24) is 20.9 Å². The average molecular weight is 499 g/mol. The average Bonchev–Trinajstić information content (AvgIpc) is 3.37. The zero-order valence-corrected chi connectivity index (χ0v) is 22.0. The molecule has 1 heterocycles. The van der Waals surface area contributed by atoms with Crippen molar-refractivity contribution in [2.24, 2.45) is 0 Å². The highest BCUT2D eigenvalue weighted by atomic mass is 16.2. The van der Waals surface area contributed by atoms with E-state index in [1.54, 1.807) is 18.9 Å². The molecule has 8 nitrogen and oxygen atoms in total. The number of carbonyl (C=O) groups excluding carboxylic acids is 4. The quantitative estimate of drug-likeness (QED) is 0.384. The number of nitrogens with zero attached hydrogens (tertiary/aromatic N) is 1. The Kier molecular flexibility index (Phi) is 10.5. The number of benzene rings is 1. The lowest BCUT2D eigenvalue weighted by Gasteiger charge is -2.31. The summed E-state index contributed by atoms with van der Waals surface area (Å²) in [5, 5.41) is 8.58. The number of hydrogen-bond donors (Lipinski definition) is 3. The summed E-state index contributed by atoms with van der Waals surface area (Å²) in [6.45, 7) is 4.29. The maximum Gasteiger partial charge on any atom is 0.245 e. The van der Waals surface area contributed by atoms with E-state index < -0.39 is 18.1 Å². The molecule has 0 aromatic heterocycles. The second-order valence-corrected chi connectivity index (χ2v) is 10.2. The van der Waals surface area contributed by atoms with Gasteiger partial charge in [0, 0.05) is 26.4 Å². The minimum atomic E-state index is -0.686. The summed E-state index contributed by atoms with van der Waals surface area (Å²) in [5.41, 5.74) is 2.61. The molecule has 8 heteroatoms. The highest BCUT2D eigenvalue weighted by Crippen LogP contribution is 2.35. The van der Waals surface area contributed by atoms with Gasteiger partial charge in [-0.15, -0.1) is 0 Å². The molecule has 3 rings (SSSR count). The number of aryl methyl sites for hydroxylation is 1. The lowest BCUT2D eigenvalue weighted by Crippen LogP contribution is -2.54. The minimum Gasteiger partial charge on any atom is -0.356 e. The van der Waals surface area contributed by atoms with Crippen LogP contribution in [0.3, 0.4) is 0 Å². The third kappa shape index (κ3) is 7.38. The number of unbranched alkanes of at least 4 members (excludes halogenated alkanes) is 1. The first-order valence-electron chi connectivity index (χ1n) is 13.4. The molecule has 1 aliphatic heterocycles. The van der Waals surface area contributed by atoms with Crippen LogP contribution in [-0.2, 0) is 25.6 Å². The van der Waals surface area contributed by atoms with Gasteiger partial charge in [-0.3, -0.25) is 19.2 Å². The van der Waals surface area contributed by atoms with Gasteiger partial charge in [0.2, 0.25) is 17.7 Å². The first-order chi connectivity index (χ1) is 17.3. The van der Waals surface area contributed by atoms with Gasteiger partial charge in [0.15, 0.2) is 5.78 Å². The van der Waals surface area contributed by atoms with E-state index in [-0.39, 0.29) is 29.4 Å². The van der Waals surface area contributed by atoms with E-state index in [0.717, 1.165) is 25.7 Å². The van der Waals surface area contributed by atoms with Crippen LogP contribution in [0.25, 0.3) is 0 Å². The molecule has 0 bridgehead atoms. The van der Waals surface area contributed by atoms with Crippen molar-refractivity contribution in [3.63, 3.8) is 0 Å². The van der Waals surface area contributed by atoms with Gasteiger partial charge in [-0.1, -0.05) is 24.3 Å². The molecule has 1 aromatic rings. The fourth-order valence-electron chi connectivity index (χ4n) is 5.43. The highest BCUT2D eigenvalue weighted by Gasteiger charge is 2.38. The van der Waals surface area contributed by atoms with Crippen LogP contribution in [0.5, 0.6) is 0 Å². The van der Waals surface area contributed by atoms with E-state index in [9.17, 15) is 19.2 Å². The Bertz CT molecular complexity index is 934. The molecule has 0 saturated carbocycles. The van der Waals surface area contributed by atoms with Crippen molar-refractivity contribution in [2.75, 3.05) is 20.1 Å². The first-order valence-corrected chi connectivity index (χ1v) is 13.4. The van der Waals surface area contributed by atoms with Gasteiger partial charge < -0.3 is 20.9 Å². The van der Waals surface area contributed by atoms with Crippen LogP contribution < -0.4 is 16.0 Å². The van der Waals surface area contributed by atoms with Gasteiger partial charge in [-0.25, -0.2) is 0 Å². The minimum absolute atomic E-state index is 0.0854. The Morgan fingerprint density at radius 2 is 1.86 bits per heavy atom. The number of amides is 3. The third-order valence-corrected chi connectivity index (χ3v) is 7.58. The number of likely N-dealkylation sites (N-methyl/N-ethyl adjacent to an activating group) is 1. The number of Topliss-reactive ketones (excluding diaryl/α,β-unsaturated/α-hetero) is 1. The van der Waals surface area contributed by atoms with Crippen molar-refractivity contribution in [3.8, 4) is 0 Å². The maximum atomic E-state index is 13.6. The highest BCUT2D eigenvalue weighted by molar-refractivity contribution is 5.94.